The number of anilines is 1. The Balaban J connectivity index is 2.09. The van der Waals surface area contributed by atoms with Crippen LogP contribution in [0.15, 0.2) is 42.5 Å². The second-order valence-corrected chi connectivity index (χ2v) is 5.28. The van der Waals surface area contributed by atoms with E-state index in [1.807, 2.05) is 18.2 Å². The zero-order valence-electron chi connectivity index (χ0n) is 10.8. The molecule has 19 heavy (non-hydrogen) atoms. The van der Waals surface area contributed by atoms with Crippen LogP contribution in [0.5, 0.6) is 0 Å². The first kappa shape index (κ1) is 10.6. The predicted molar refractivity (Wildman–Crippen MR) is 78.0 cm³/mol. The van der Waals surface area contributed by atoms with Crippen LogP contribution < -0.4 is 5.73 Å². The van der Waals surface area contributed by atoms with E-state index in [-0.39, 0.29) is 0 Å². The standard InChI is InChI=1S/C16H15N3/c1-10-9-19-15-8-11(17)6-7-14(15)18-16(19)13-5-3-2-4-12(10)13/h2-8,10H,9,17H2,1H3. The molecule has 0 amide bonds. The van der Waals surface area contributed by atoms with Crippen molar-refractivity contribution in [1.29, 1.82) is 0 Å². The minimum atomic E-state index is 0.502. The molecule has 1 aromatic heterocycles. The lowest BCUT2D eigenvalue weighted by Gasteiger charge is -2.24. The number of rotatable bonds is 0. The van der Waals surface area contributed by atoms with Gasteiger partial charge in [-0.1, -0.05) is 31.2 Å². The fraction of sp³-hybridized carbons (Fsp3) is 0.188. The van der Waals surface area contributed by atoms with Gasteiger partial charge in [-0.2, -0.15) is 0 Å². The first-order valence-electron chi connectivity index (χ1n) is 6.59. The molecule has 3 nitrogen and oxygen atoms in total. The van der Waals surface area contributed by atoms with E-state index in [0.29, 0.717) is 5.92 Å². The van der Waals surface area contributed by atoms with Crippen LogP contribution in [0.25, 0.3) is 22.4 Å². The Kier molecular flexibility index (Phi) is 2.01. The Hall–Kier alpha value is -2.29. The molecule has 0 fully saturated rings. The molecule has 2 aromatic carbocycles. The maximum absolute atomic E-state index is 5.90. The fourth-order valence-electron chi connectivity index (χ4n) is 3.03. The van der Waals surface area contributed by atoms with E-state index in [1.165, 1.54) is 11.1 Å². The second kappa shape index (κ2) is 3.60. The summed E-state index contributed by atoms with van der Waals surface area (Å²) in [4.78, 5) is 4.78. The van der Waals surface area contributed by atoms with Gasteiger partial charge in [-0.3, -0.25) is 0 Å². The van der Waals surface area contributed by atoms with Crippen molar-refractivity contribution in [3.05, 3.63) is 48.0 Å². The van der Waals surface area contributed by atoms with Crippen LogP contribution in [0.1, 0.15) is 18.4 Å². The van der Waals surface area contributed by atoms with Crippen molar-refractivity contribution < 1.29 is 0 Å². The lowest BCUT2D eigenvalue weighted by Crippen LogP contribution is -2.14. The van der Waals surface area contributed by atoms with Crippen molar-refractivity contribution in [2.75, 3.05) is 5.73 Å². The first-order valence-corrected chi connectivity index (χ1v) is 6.59. The third kappa shape index (κ3) is 1.41. The van der Waals surface area contributed by atoms with Gasteiger partial charge >= 0.3 is 0 Å². The third-order valence-electron chi connectivity index (χ3n) is 3.96. The molecule has 1 aliphatic heterocycles. The number of nitrogens with zero attached hydrogens (tertiary/aromatic N) is 2. The van der Waals surface area contributed by atoms with E-state index in [1.54, 1.807) is 0 Å². The molecule has 0 aliphatic carbocycles. The van der Waals surface area contributed by atoms with E-state index < -0.39 is 0 Å². The molecule has 0 saturated heterocycles. The third-order valence-corrected chi connectivity index (χ3v) is 3.96. The van der Waals surface area contributed by atoms with Crippen LogP contribution in [-0.4, -0.2) is 9.55 Å². The smallest absolute Gasteiger partial charge is 0.141 e. The summed E-state index contributed by atoms with van der Waals surface area (Å²) in [6, 6.07) is 14.5. The van der Waals surface area contributed by atoms with Crippen LogP contribution in [0.3, 0.4) is 0 Å². The molecule has 94 valence electrons. The predicted octanol–water partition coefficient (Wildman–Crippen LogP) is 3.40. The number of nitrogens with two attached hydrogens (primary N) is 1. The first-order chi connectivity index (χ1) is 9.24. The monoisotopic (exact) mass is 249 g/mol. The van der Waals surface area contributed by atoms with E-state index in [2.05, 4.69) is 35.8 Å². The summed E-state index contributed by atoms with van der Waals surface area (Å²) in [5.74, 6) is 1.57. The van der Waals surface area contributed by atoms with Crippen molar-refractivity contribution >= 4 is 16.7 Å². The zero-order chi connectivity index (χ0) is 13.0. The van der Waals surface area contributed by atoms with Crippen molar-refractivity contribution in [1.82, 2.24) is 9.55 Å². The number of nitrogen functional groups attached to an aromatic ring is 1. The summed E-state index contributed by atoms with van der Waals surface area (Å²) in [6.07, 6.45) is 0. The van der Waals surface area contributed by atoms with Gasteiger partial charge in [-0.15, -0.1) is 0 Å². The normalized spacial score (nSPS) is 17.2. The molecule has 1 atom stereocenters. The highest BCUT2D eigenvalue weighted by Crippen LogP contribution is 2.37. The van der Waals surface area contributed by atoms with Gasteiger partial charge in [0.2, 0.25) is 0 Å². The molecule has 0 saturated carbocycles. The molecule has 0 spiro atoms. The highest BCUT2D eigenvalue weighted by atomic mass is 15.1. The van der Waals surface area contributed by atoms with Crippen molar-refractivity contribution in [3.63, 3.8) is 0 Å². The van der Waals surface area contributed by atoms with Gasteiger partial charge in [0, 0.05) is 17.8 Å². The average molecular weight is 249 g/mol. The number of aromatic nitrogens is 2. The summed E-state index contributed by atoms with van der Waals surface area (Å²) in [6.45, 7) is 3.23. The summed E-state index contributed by atoms with van der Waals surface area (Å²) >= 11 is 0. The summed E-state index contributed by atoms with van der Waals surface area (Å²) in [7, 11) is 0. The Morgan fingerprint density at radius 3 is 2.95 bits per heavy atom. The largest absolute Gasteiger partial charge is 0.399 e. The van der Waals surface area contributed by atoms with E-state index in [9.17, 15) is 0 Å². The lowest BCUT2D eigenvalue weighted by molar-refractivity contribution is 0.598. The molecule has 3 heteroatoms. The molecule has 3 aromatic rings. The second-order valence-electron chi connectivity index (χ2n) is 5.28. The molecule has 2 heterocycles. The molecule has 4 rings (SSSR count). The maximum atomic E-state index is 5.90. The lowest BCUT2D eigenvalue weighted by atomic mass is 9.92. The Morgan fingerprint density at radius 1 is 1.21 bits per heavy atom. The fourth-order valence-corrected chi connectivity index (χ4v) is 3.03. The van der Waals surface area contributed by atoms with E-state index >= 15 is 0 Å². The molecule has 1 unspecified atom stereocenters. The van der Waals surface area contributed by atoms with Gasteiger partial charge in [0.15, 0.2) is 0 Å². The summed E-state index contributed by atoms with van der Waals surface area (Å²) in [5.41, 5.74) is 11.5. The quantitative estimate of drug-likeness (QED) is 0.620. The van der Waals surface area contributed by atoms with Crippen molar-refractivity contribution in [3.8, 4) is 11.4 Å². The van der Waals surface area contributed by atoms with Crippen LogP contribution in [0.2, 0.25) is 0 Å². The number of benzene rings is 2. The molecule has 0 radical (unpaired) electrons. The van der Waals surface area contributed by atoms with E-state index in [4.69, 9.17) is 10.7 Å². The van der Waals surface area contributed by atoms with Gasteiger partial charge in [0.1, 0.15) is 5.82 Å². The number of hydrogen-bond acceptors (Lipinski definition) is 2. The molecule has 1 aliphatic rings. The minimum absolute atomic E-state index is 0.502. The molecular formula is C16H15N3. The van der Waals surface area contributed by atoms with Crippen LogP contribution in [0.4, 0.5) is 5.69 Å². The zero-order valence-corrected chi connectivity index (χ0v) is 10.8. The van der Waals surface area contributed by atoms with Gasteiger partial charge in [0.25, 0.3) is 0 Å². The Labute approximate surface area is 111 Å². The van der Waals surface area contributed by atoms with Gasteiger partial charge in [0.05, 0.1) is 11.0 Å². The topological polar surface area (TPSA) is 43.8 Å². The maximum Gasteiger partial charge on any atom is 0.141 e. The molecular weight excluding hydrogens is 234 g/mol. The number of imidazole rings is 1. The van der Waals surface area contributed by atoms with Crippen molar-refractivity contribution in [2.45, 2.75) is 19.4 Å². The highest BCUT2D eigenvalue weighted by molar-refractivity contribution is 5.84. The Morgan fingerprint density at radius 2 is 2.05 bits per heavy atom. The molecule has 2 N–H and O–H groups in total. The van der Waals surface area contributed by atoms with Crippen LogP contribution in [-0.2, 0) is 6.54 Å². The van der Waals surface area contributed by atoms with E-state index in [0.717, 1.165) is 29.1 Å². The van der Waals surface area contributed by atoms with Crippen LogP contribution >= 0.6 is 0 Å². The van der Waals surface area contributed by atoms with Gasteiger partial charge in [-0.25, -0.2) is 4.98 Å². The van der Waals surface area contributed by atoms with Crippen molar-refractivity contribution in [2.24, 2.45) is 0 Å². The van der Waals surface area contributed by atoms with Crippen LogP contribution in [0, 0.1) is 0 Å². The highest BCUT2D eigenvalue weighted by Gasteiger charge is 2.24. The van der Waals surface area contributed by atoms with Gasteiger partial charge in [-0.05, 0) is 29.7 Å². The summed E-state index contributed by atoms with van der Waals surface area (Å²) in [5, 5.41) is 0. The summed E-state index contributed by atoms with van der Waals surface area (Å²) < 4.78 is 2.29. The average Bonchev–Trinajstić information content (AvgIpc) is 2.78. The number of hydrogen-bond donors (Lipinski definition) is 1. The number of fused-ring (bicyclic) bond motifs is 5. The Bertz CT molecular complexity index is 786. The SMILES string of the molecule is CC1Cn2c(nc3ccc(N)cc32)-c2ccccc21. The minimum Gasteiger partial charge on any atom is -0.399 e. The van der Waals surface area contributed by atoms with Gasteiger partial charge < -0.3 is 10.3 Å². The molecule has 0 bridgehead atoms.